The van der Waals surface area contributed by atoms with Crippen LogP contribution in [0.3, 0.4) is 0 Å². The Bertz CT molecular complexity index is 5820. The summed E-state index contributed by atoms with van der Waals surface area (Å²) >= 11 is 52.0. The summed E-state index contributed by atoms with van der Waals surface area (Å²) in [5.41, 5.74) is -2.40. The van der Waals surface area contributed by atoms with Crippen molar-refractivity contribution >= 4 is 139 Å². The summed E-state index contributed by atoms with van der Waals surface area (Å²) in [7, 11) is 5.62. The van der Waals surface area contributed by atoms with Gasteiger partial charge in [0.2, 0.25) is 0 Å². The van der Waals surface area contributed by atoms with E-state index in [0.29, 0.717) is 60.5 Å². The van der Waals surface area contributed by atoms with Crippen LogP contribution in [0.15, 0.2) is 146 Å². The minimum Gasteiger partial charge on any atom is -0.492 e. The molecule has 20 nitrogen and oxygen atoms in total. The van der Waals surface area contributed by atoms with E-state index in [1.165, 1.54) is 87.0 Å². The molecule has 44 heteroatoms. The van der Waals surface area contributed by atoms with Crippen LogP contribution < -0.4 is 14.2 Å². The molecule has 0 saturated carbocycles. The number of ether oxygens (including phenoxy) is 5. The summed E-state index contributed by atoms with van der Waals surface area (Å²) in [5, 5.41) is 25.7. The Balaban J connectivity index is 0.000000270. The number of methoxy groups -OCH3 is 4. The highest BCUT2D eigenvalue weighted by Gasteiger charge is 2.29. The van der Waals surface area contributed by atoms with E-state index < -0.39 is 156 Å². The average molecular weight is 1980 g/mol. The van der Waals surface area contributed by atoms with Crippen LogP contribution in [0.1, 0.15) is 93.5 Å². The molecule has 0 aliphatic heterocycles. The average Bonchev–Trinajstić information content (AvgIpc) is 0.799. The fourth-order valence-electron chi connectivity index (χ4n) is 10.1. The fraction of sp³-hybridized carbons (Fsp3) is 0.143. The van der Waals surface area contributed by atoms with E-state index in [2.05, 4.69) is 34.6 Å². The molecule has 3 N–H and O–H groups in total. The van der Waals surface area contributed by atoms with Crippen LogP contribution in [-0.4, -0.2) is 129 Å². The number of esters is 2. The number of carbonyl (C=O) groups is 6. The maximum atomic E-state index is 14.4. The third kappa shape index (κ3) is 27.6. The van der Waals surface area contributed by atoms with Gasteiger partial charge in [0, 0.05) is 57.6 Å². The number of aliphatic hydroxyl groups excluding tert-OH is 3. The van der Waals surface area contributed by atoms with Crippen molar-refractivity contribution in [2.24, 2.45) is 0 Å². The molecule has 0 fully saturated rings. The molecule has 0 saturated heterocycles. The van der Waals surface area contributed by atoms with E-state index in [4.69, 9.17) is 139 Å². The van der Waals surface area contributed by atoms with E-state index in [1.54, 1.807) is 50.2 Å². The molecule has 6 aromatic carbocycles. The number of rotatable bonds is 19. The van der Waals surface area contributed by atoms with Gasteiger partial charge in [-0.25, -0.2) is 87.8 Å². The smallest absolute Gasteiger partial charge is 0.357 e. The second-order valence-electron chi connectivity index (χ2n) is 24.3. The van der Waals surface area contributed by atoms with Crippen molar-refractivity contribution in [3.05, 3.63) is 296 Å². The normalized spacial score (nSPS) is 10.3. The van der Waals surface area contributed by atoms with Crippen molar-refractivity contribution in [1.29, 1.82) is 0 Å². The number of aliphatic hydroxyl groups is 3. The molecule has 0 amide bonds. The molecule has 6 heterocycles. The number of alkyl halides is 2. The van der Waals surface area contributed by atoms with Gasteiger partial charge in [0.15, 0.2) is 92.6 Å². The van der Waals surface area contributed by atoms with Crippen LogP contribution in [0, 0.1) is 64.0 Å². The summed E-state index contributed by atoms with van der Waals surface area (Å²) in [6, 6.07) is 26.6. The van der Waals surface area contributed by atoms with Crippen LogP contribution in [0.5, 0.6) is 17.2 Å². The standard InChI is InChI=1S/C16H15F2NO3.C14H9ClF3NO3.C13H6Cl4FNO2.C13H8Cl3NO2.C13H6ClF4NO2.C13H8F3NO2.2CH3F/c1-9(2)22-16(21)13-7-12(17)14(18)15(19-13)11-5-3-10(8-20)4-6-11;1-21-13-7(15)4-3-6(10(13)17)12-11(18)8(16)5-9(19-12)14(20)22-2;1-21-12-6(14)3-2-5(10(12)18)11-9(16)7(15)4-8(19-11)13(17)20;14-9-5-10(13(16)19)17-12(11(9)15)8-3-1-7(6-18)2-4-8;1-21-12-6(14)3-2-5(9(12)16)11-10(17)7(15)4-8(19-11)13(18)20;14-9-5-10(13(16)19)17-12(11(9)15)8-3-1-7(6-18)2-4-8;2*1-2/h3-7,9,20H,8H2,1-2H3;3-5H,1-2H3;2-4H,1H3;1-5,18H,6H2;2-4H,1H3;1-5,18H,6H2;2*1H3. The number of halogens is 24. The van der Waals surface area contributed by atoms with Crippen LogP contribution in [-0.2, 0) is 29.3 Å². The van der Waals surface area contributed by atoms with Gasteiger partial charge < -0.3 is 39.0 Å². The van der Waals surface area contributed by atoms with Gasteiger partial charge >= 0.3 is 24.0 Å². The first-order chi connectivity index (χ1) is 60.6. The monoisotopic (exact) mass is 1970 g/mol. The van der Waals surface area contributed by atoms with Crippen molar-refractivity contribution in [3.63, 3.8) is 0 Å². The highest BCUT2D eigenvalue weighted by atomic mass is 35.5. The molecule has 0 unspecified atom stereocenters. The van der Waals surface area contributed by atoms with Gasteiger partial charge in [0.1, 0.15) is 45.6 Å². The number of carbonyl (C=O) groups excluding carboxylic acids is 6. The fourth-order valence-corrected chi connectivity index (χ4v) is 11.8. The summed E-state index contributed by atoms with van der Waals surface area (Å²) in [6.45, 7) is 2.87. The zero-order valence-corrected chi connectivity index (χ0v) is 72.9. The van der Waals surface area contributed by atoms with E-state index >= 15 is 0 Å². The first-order valence-corrected chi connectivity index (χ1v) is 38.2. The SMILES string of the molecule is CC(C)OC(=O)c1cc(F)c(F)c(-c2ccc(CO)cc2)n1.CF.CF.COC(=O)c1cc(F)c(F)c(-c2ccc(Cl)c(OC)c2F)n1.COc1c(Cl)ccc(-c2nc(C(=O)Cl)cc(Cl)c2Cl)c1F.COc1c(Cl)ccc(-c2nc(C(=O)F)cc(F)c2F)c1F.O=C(Cl)c1cc(Cl)c(Cl)c(-c2ccc(CO)cc2)n1.O=C(F)c1cc(F)c(F)c(-c2ccc(CO)cc2)n1. The summed E-state index contributed by atoms with van der Waals surface area (Å²) in [4.78, 5) is 89.0. The minimum absolute atomic E-state index is 0.0112. The topological polar surface area (TPSA) is 287 Å². The number of aromatic nitrogens is 6. The van der Waals surface area contributed by atoms with Crippen molar-refractivity contribution in [1.82, 2.24) is 29.9 Å². The Kier molecular flexibility index (Phi) is 42.2. The number of hydrogen-bond acceptors (Lipinski definition) is 20. The number of hydrogen-bond donors (Lipinski definition) is 3. The molecule has 12 rings (SSSR count). The summed E-state index contributed by atoms with van der Waals surface area (Å²) in [6.07, 6.45) is -0.394. The first kappa shape index (κ1) is 107. The Morgan fingerprint density at radius 1 is 0.328 bits per heavy atom. The van der Waals surface area contributed by atoms with Crippen molar-refractivity contribution < 1.29 is 134 Å². The van der Waals surface area contributed by atoms with E-state index in [1.807, 2.05) is 0 Å². The predicted molar refractivity (Wildman–Crippen MR) is 447 cm³/mol. The molecule has 0 bridgehead atoms. The van der Waals surface area contributed by atoms with Gasteiger partial charge in [0.25, 0.3) is 10.5 Å². The molecular formula is C84H58Cl9F15N6O14. The maximum Gasteiger partial charge on any atom is 0.357 e. The second kappa shape index (κ2) is 50.4. The van der Waals surface area contributed by atoms with Gasteiger partial charge in [-0.2, -0.15) is 8.78 Å². The van der Waals surface area contributed by atoms with Crippen molar-refractivity contribution in [3.8, 4) is 84.8 Å². The van der Waals surface area contributed by atoms with Crippen molar-refractivity contribution in [2.45, 2.75) is 39.8 Å². The number of benzene rings is 6. The van der Waals surface area contributed by atoms with E-state index in [-0.39, 0.29) is 112 Å². The van der Waals surface area contributed by atoms with E-state index in [9.17, 15) is 94.6 Å². The molecule has 12 aromatic rings. The molecular weight excluding hydrogens is 1920 g/mol. The third-order valence-electron chi connectivity index (χ3n) is 16.0. The Morgan fingerprint density at radius 2 is 0.586 bits per heavy atom. The number of nitrogens with zero attached hydrogens (tertiary/aromatic N) is 6. The number of pyridine rings is 6. The molecule has 0 aliphatic rings. The molecule has 0 atom stereocenters. The van der Waals surface area contributed by atoms with Gasteiger partial charge in [-0.15, -0.1) is 0 Å². The maximum absolute atomic E-state index is 14.4. The molecule has 0 spiro atoms. The predicted octanol–water partition coefficient (Wildman–Crippen LogP) is 23.6. The zero-order valence-electron chi connectivity index (χ0n) is 66.1. The quantitative estimate of drug-likeness (QED) is 0.0385. The lowest BCUT2D eigenvalue weighted by atomic mass is 10.1. The van der Waals surface area contributed by atoms with Crippen LogP contribution >= 0.6 is 104 Å². The van der Waals surface area contributed by atoms with Gasteiger partial charge in [-0.05, 0) is 102 Å². The highest BCUT2D eigenvalue weighted by Crippen LogP contribution is 2.42. The summed E-state index contributed by atoms with van der Waals surface area (Å²) < 4.78 is 220. The van der Waals surface area contributed by atoms with Gasteiger partial charge in [0.05, 0.1) is 115 Å². The lowest BCUT2D eigenvalue weighted by Gasteiger charge is -2.11. The third-order valence-corrected chi connectivity index (χ3v) is 18.8. The largest absolute Gasteiger partial charge is 0.492 e. The molecule has 6 aromatic heterocycles. The van der Waals surface area contributed by atoms with Crippen LogP contribution in [0.25, 0.3) is 67.5 Å². The lowest BCUT2D eigenvalue weighted by Crippen LogP contribution is -2.14. The molecule has 676 valence electrons. The van der Waals surface area contributed by atoms with Crippen LogP contribution in [0.4, 0.5) is 65.9 Å². The summed E-state index contributed by atoms with van der Waals surface area (Å²) in [5.74, 6) is -16.4. The lowest BCUT2D eigenvalue weighted by molar-refractivity contribution is 0.0369. The molecule has 0 radical (unpaired) electrons. The first-order valence-electron chi connectivity index (χ1n) is 34.8. The second-order valence-corrected chi connectivity index (χ2v) is 27.8. The molecule has 128 heavy (non-hydrogen) atoms. The van der Waals surface area contributed by atoms with Crippen LogP contribution in [0.2, 0.25) is 35.2 Å². The van der Waals surface area contributed by atoms with E-state index in [0.717, 1.165) is 31.9 Å². The highest BCUT2D eigenvalue weighted by molar-refractivity contribution is 6.68. The Morgan fingerprint density at radius 3 is 0.883 bits per heavy atom. The zero-order chi connectivity index (χ0) is 96.2. The van der Waals surface area contributed by atoms with Gasteiger partial charge in [-0.1, -0.05) is 154 Å². The van der Waals surface area contributed by atoms with Crippen molar-refractivity contribution in [2.75, 3.05) is 42.8 Å². The minimum atomic E-state index is -2.07. The van der Waals surface area contributed by atoms with Gasteiger partial charge in [-0.3, -0.25) is 28.0 Å². The Hall–Kier alpha value is -11.3. The molecule has 0 aliphatic carbocycles. The Labute approximate surface area is 760 Å².